The van der Waals surface area contributed by atoms with Gasteiger partial charge >= 0.3 is 0 Å². The van der Waals surface area contributed by atoms with Gasteiger partial charge in [-0.2, -0.15) is 0 Å². The standard InChI is InChI=1S/C28H30N2Si/c1-21-13-15-25(16-14-21)30(27(2,3)4)31-28(18-17-22-9-7-8-12-26(22)28)29-19-23-10-5-6-11-24(23)20-29/h5-18H,19-20H2,1-4H3. The van der Waals surface area contributed by atoms with Crippen LogP contribution in [0, 0.1) is 6.92 Å². The van der Waals surface area contributed by atoms with Gasteiger partial charge in [-0.1, -0.05) is 78.4 Å². The number of hydrogen-bond donors (Lipinski definition) is 0. The first kappa shape index (κ1) is 20.3. The minimum Gasteiger partial charge on any atom is -0.392 e. The Morgan fingerprint density at radius 1 is 0.839 bits per heavy atom. The second kappa shape index (κ2) is 7.51. The van der Waals surface area contributed by atoms with Crippen LogP contribution in [0.5, 0.6) is 0 Å². The van der Waals surface area contributed by atoms with E-state index in [4.69, 9.17) is 0 Å². The largest absolute Gasteiger partial charge is 0.392 e. The van der Waals surface area contributed by atoms with Crippen LogP contribution in [0.4, 0.5) is 5.69 Å². The molecule has 31 heavy (non-hydrogen) atoms. The summed E-state index contributed by atoms with van der Waals surface area (Å²) in [5.41, 5.74) is 8.32. The highest BCUT2D eigenvalue weighted by atomic mass is 28.2. The summed E-state index contributed by atoms with van der Waals surface area (Å²) in [5.74, 6) is 0. The summed E-state index contributed by atoms with van der Waals surface area (Å²) in [4.78, 5) is 2.69. The van der Waals surface area contributed by atoms with Crippen molar-refractivity contribution in [1.29, 1.82) is 0 Å². The van der Waals surface area contributed by atoms with Crippen molar-refractivity contribution < 1.29 is 0 Å². The fourth-order valence-electron chi connectivity index (χ4n) is 4.80. The third-order valence-electron chi connectivity index (χ3n) is 6.46. The quantitative estimate of drug-likeness (QED) is 0.468. The highest BCUT2D eigenvalue weighted by molar-refractivity contribution is 6.47. The van der Waals surface area contributed by atoms with E-state index in [0.29, 0.717) is 9.68 Å². The second-order valence-corrected chi connectivity index (χ2v) is 11.2. The number of benzene rings is 3. The molecule has 0 saturated heterocycles. The lowest BCUT2D eigenvalue weighted by Gasteiger charge is -2.46. The van der Waals surface area contributed by atoms with E-state index in [1.54, 1.807) is 0 Å². The first-order chi connectivity index (χ1) is 14.9. The van der Waals surface area contributed by atoms with Crippen LogP contribution in [0.3, 0.4) is 0 Å². The van der Waals surface area contributed by atoms with Crippen LogP contribution < -0.4 is 4.57 Å². The zero-order chi connectivity index (χ0) is 21.6. The fourth-order valence-corrected chi connectivity index (χ4v) is 6.56. The molecule has 1 heterocycles. The number of anilines is 1. The summed E-state index contributed by atoms with van der Waals surface area (Å²) < 4.78 is 2.61. The summed E-state index contributed by atoms with van der Waals surface area (Å²) in [7, 11) is 0.574. The third kappa shape index (κ3) is 3.56. The van der Waals surface area contributed by atoms with Crippen molar-refractivity contribution in [3.05, 3.63) is 107 Å². The van der Waals surface area contributed by atoms with E-state index in [1.165, 1.54) is 33.5 Å². The van der Waals surface area contributed by atoms with E-state index in [9.17, 15) is 0 Å². The molecule has 0 spiro atoms. The Balaban J connectivity index is 1.60. The maximum absolute atomic E-state index is 2.69. The molecule has 1 aliphatic carbocycles. The van der Waals surface area contributed by atoms with Gasteiger partial charge in [-0.05, 0) is 62.1 Å². The van der Waals surface area contributed by atoms with Crippen LogP contribution in [0.2, 0.25) is 0 Å². The topological polar surface area (TPSA) is 6.48 Å². The van der Waals surface area contributed by atoms with Gasteiger partial charge in [0, 0.05) is 24.3 Å². The third-order valence-corrected chi connectivity index (χ3v) is 8.71. The molecule has 3 aromatic carbocycles. The van der Waals surface area contributed by atoms with Crippen LogP contribution >= 0.6 is 0 Å². The Labute approximate surface area is 189 Å². The molecule has 156 valence electrons. The Morgan fingerprint density at radius 2 is 1.45 bits per heavy atom. The van der Waals surface area contributed by atoms with Gasteiger partial charge in [0.1, 0.15) is 0 Å². The average Bonchev–Trinajstić information content (AvgIpc) is 3.35. The van der Waals surface area contributed by atoms with E-state index in [-0.39, 0.29) is 10.7 Å². The monoisotopic (exact) mass is 422 g/mol. The number of aryl methyl sites for hydroxylation is 1. The molecule has 0 fully saturated rings. The predicted molar refractivity (Wildman–Crippen MR) is 132 cm³/mol. The van der Waals surface area contributed by atoms with Crippen LogP contribution in [0.25, 0.3) is 6.08 Å². The molecule has 1 aliphatic heterocycles. The van der Waals surface area contributed by atoms with Crippen molar-refractivity contribution in [2.45, 2.75) is 51.5 Å². The van der Waals surface area contributed by atoms with Gasteiger partial charge in [-0.15, -0.1) is 0 Å². The second-order valence-electron chi connectivity index (χ2n) is 9.77. The molecule has 0 bridgehead atoms. The molecular formula is C28H30N2Si. The molecular weight excluding hydrogens is 392 g/mol. The highest BCUT2D eigenvalue weighted by Crippen LogP contribution is 2.44. The molecule has 0 amide bonds. The van der Waals surface area contributed by atoms with Crippen molar-refractivity contribution in [1.82, 2.24) is 4.90 Å². The van der Waals surface area contributed by atoms with Crippen LogP contribution in [0.1, 0.15) is 48.6 Å². The summed E-state index contributed by atoms with van der Waals surface area (Å²) in [6.07, 6.45) is 4.80. The number of rotatable bonds is 4. The maximum atomic E-state index is 2.69. The Hall–Kier alpha value is -2.62. The molecule has 3 aromatic rings. The summed E-state index contributed by atoms with van der Waals surface area (Å²) in [6, 6.07) is 26.9. The molecule has 1 unspecified atom stereocenters. The fraction of sp³-hybridized carbons (Fsp3) is 0.286. The number of hydrogen-bond acceptors (Lipinski definition) is 2. The lowest BCUT2D eigenvalue weighted by molar-refractivity contribution is 0.199. The van der Waals surface area contributed by atoms with Gasteiger partial charge in [0.15, 0.2) is 0 Å². The summed E-state index contributed by atoms with van der Waals surface area (Å²) in [6.45, 7) is 11.1. The van der Waals surface area contributed by atoms with E-state index in [2.05, 4.69) is 122 Å². The number of nitrogens with zero attached hydrogens (tertiary/aromatic N) is 2. The molecule has 5 rings (SSSR count). The van der Waals surface area contributed by atoms with Gasteiger partial charge < -0.3 is 4.57 Å². The molecule has 0 saturated carbocycles. The van der Waals surface area contributed by atoms with Gasteiger partial charge in [0.2, 0.25) is 9.68 Å². The van der Waals surface area contributed by atoms with Crippen molar-refractivity contribution in [2.24, 2.45) is 0 Å². The van der Waals surface area contributed by atoms with E-state index >= 15 is 0 Å². The van der Waals surface area contributed by atoms with Crippen molar-refractivity contribution >= 4 is 21.4 Å². The molecule has 0 N–H and O–H groups in total. The van der Waals surface area contributed by atoms with Gasteiger partial charge in [0.05, 0.1) is 5.16 Å². The van der Waals surface area contributed by atoms with E-state index in [1.807, 2.05) is 0 Å². The summed E-state index contributed by atoms with van der Waals surface area (Å²) >= 11 is 0. The lowest BCUT2D eigenvalue weighted by atomic mass is 10.1. The molecule has 1 atom stereocenters. The Morgan fingerprint density at radius 3 is 2.10 bits per heavy atom. The van der Waals surface area contributed by atoms with Crippen LogP contribution in [-0.4, -0.2) is 20.1 Å². The minimum atomic E-state index is -0.131. The van der Waals surface area contributed by atoms with Crippen molar-refractivity contribution in [2.75, 3.05) is 4.57 Å². The van der Waals surface area contributed by atoms with Gasteiger partial charge in [-0.3, -0.25) is 4.90 Å². The Kier molecular flexibility index (Phi) is 4.91. The van der Waals surface area contributed by atoms with Gasteiger partial charge in [-0.25, -0.2) is 0 Å². The minimum absolute atomic E-state index is 0.0126. The van der Waals surface area contributed by atoms with Crippen LogP contribution in [0.15, 0.2) is 78.9 Å². The Bertz CT molecular complexity index is 1100. The van der Waals surface area contributed by atoms with E-state index in [0.717, 1.165) is 13.1 Å². The first-order valence-electron chi connectivity index (χ1n) is 11.1. The van der Waals surface area contributed by atoms with E-state index < -0.39 is 0 Å². The van der Waals surface area contributed by atoms with Gasteiger partial charge in [0.25, 0.3) is 0 Å². The zero-order valence-electron chi connectivity index (χ0n) is 18.9. The summed E-state index contributed by atoms with van der Waals surface area (Å²) in [5, 5.41) is -0.131. The average molecular weight is 423 g/mol. The lowest BCUT2D eigenvalue weighted by Crippen LogP contribution is -2.57. The molecule has 2 radical (unpaired) electrons. The maximum Gasteiger partial charge on any atom is 0.215 e. The highest BCUT2D eigenvalue weighted by Gasteiger charge is 2.46. The molecule has 2 aliphatic rings. The first-order valence-corrected chi connectivity index (χ1v) is 12.1. The van der Waals surface area contributed by atoms with Crippen molar-refractivity contribution in [3.8, 4) is 0 Å². The predicted octanol–water partition coefficient (Wildman–Crippen LogP) is 6.11. The van der Waals surface area contributed by atoms with Crippen LogP contribution in [-0.2, 0) is 18.3 Å². The smallest absolute Gasteiger partial charge is 0.215 e. The normalized spacial score (nSPS) is 20.0. The number of fused-ring (bicyclic) bond motifs is 2. The van der Waals surface area contributed by atoms with Crippen molar-refractivity contribution in [3.63, 3.8) is 0 Å². The zero-order valence-corrected chi connectivity index (χ0v) is 19.9. The molecule has 3 heteroatoms. The molecule has 0 aromatic heterocycles. The SMILES string of the molecule is Cc1ccc(N([Si]C2(N3Cc4ccccc4C3)C=Cc3ccccc32)C(C)(C)C)cc1. The molecule has 2 nitrogen and oxygen atoms in total.